The van der Waals surface area contributed by atoms with Crippen molar-refractivity contribution in [2.24, 2.45) is 0 Å². The average molecular weight is 387 g/mol. The molecular weight excluding hydrogens is 366 g/mol. The monoisotopic (exact) mass is 387 g/mol. The van der Waals surface area contributed by atoms with Gasteiger partial charge in [0.1, 0.15) is 0 Å². The van der Waals surface area contributed by atoms with Crippen LogP contribution in [0.3, 0.4) is 0 Å². The van der Waals surface area contributed by atoms with Gasteiger partial charge in [0.05, 0.1) is 30.1 Å². The van der Waals surface area contributed by atoms with Gasteiger partial charge >= 0.3 is 5.97 Å². The molecule has 2 aromatic rings. The van der Waals surface area contributed by atoms with Crippen LogP contribution in [0.5, 0.6) is 0 Å². The van der Waals surface area contributed by atoms with Crippen molar-refractivity contribution in [3.63, 3.8) is 0 Å². The summed E-state index contributed by atoms with van der Waals surface area (Å²) >= 11 is 1.48. The maximum atomic E-state index is 12.5. The number of carbonyl (C=O) groups is 2. The summed E-state index contributed by atoms with van der Waals surface area (Å²) in [5.74, 6) is -0.0177. The van der Waals surface area contributed by atoms with Crippen LogP contribution in [0, 0.1) is 0 Å². The minimum atomic E-state index is -0.519. The molecule has 1 atom stereocenters. The van der Waals surface area contributed by atoms with E-state index in [1.54, 1.807) is 28.8 Å². The number of hydrogen-bond acceptors (Lipinski definition) is 6. The molecule has 7 nitrogen and oxygen atoms in total. The summed E-state index contributed by atoms with van der Waals surface area (Å²) in [6.07, 6.45) is 0.123. The predicted molar refractivity (Wildman–Crippen MR) is 103 cm³/mol. The number of rotatable bonds is 5. The summed E-state index contributed by atoms with van der Waals surface area (Å²) < 4.78 is 6.32. The van der Waals surface area contributed by atoms with Crippen molar-refractivity contribution in [1.29, 1.82) is 0 Å². The number of carbonyl (C=O) groups excluding carboxylic acids is 2. The summed E-state index contributed by atoms with van der Waals surface area (Å²) in [6.45, 7) is 3.98. The van der Waals surface area contributed by atoms with Crippen LogP contribution >= 0.6 is 11.8 Å². The van der Waals surface area contributed by atoms with Gasteiger partial charge in [0, 0.05) is 18.2 Å². The lowest BCUT2D eigenvalue weighted by atomic mass is 10.1. The Morgan fingerprint density at radius 3 is 2.81 bits per heavy atom. The normalized spacial score (nSPS) is 15.5. The van der Waals surface area contributed by atoms with Gasteiger partial charge in [0.25, 0.3) is 5.56 Å². The first-order valence-corrected chi connectivity index (χ1v) is 9.62. The number of esters is 1. The van der Waals surface area contributed by atoms with E-state index in [1.807, 2.05) is 13.8 Å². The highest BCUT2D eigenvalue weighted by Gasteiger charge is 2.28. The molecular formula is C19H21N3O4S. The van der Waals surface area contributed by atoms with E-state index in [4.69, 9.17) is 4.74 Å². The van der Waals surface area contributed by atoms with Crippen LogP contribution in [0.25, 0.3) is 0 Å². The molecule has 1 aliphatic heterocycles. The first-order valence-electron chi connectivity index (χ1n) is 8.64. The fourth-order valence-electron chi connectivity index (χ4n) is 2.91. The third-order valence-corrected chi connectivity index (χ3v) is 5.43. The van der Waals surface area contributed by atoms with Gasteiger partial charge in [-0.1, -0.05) is 37.7 Å². The summed E-state index contributed by atoms with van der Waals surface area (Å²) in [7, 11) is 1.29. The van der Waals surface area contributed by atoms with Gasteiger partial charge in [0.15, 0.2) is 5.16 Å². The Morgan fingerprint density at radius 1 is 1.37 bits per heavy atom. The lowest BCUT2D eigenvalue weighted by Crippen LogP contribution is -2.28. The first kappa shape index (κ1) is 19.2. The average Bonchev–Trinajstić information content (AvgIpc) is 3.04. The van der Waals surface area contributed by atoms with Crippen LogP contribution in [0.4, 0.5) is 5.69 Å². The maximum Gasteiger partial charge on any atom is 0.339 e. The molecule has 0 bridgehead atoms. The molecule has 1 aromatic carbocycles. The van der Waals surface area contributed by atoms with Gasteiger partial charge < -0.3 is 10.1 Å². The molecule has 1 N–H and O–H groups in total. The summed E-state index contributed by atoms with van der Waals surface area (Å²) in [5.41, 5.74) is 1.30. The molecule has 0 radical (unpaired) electrons. The number of amides is 1. The third-order valence-electron chi connectivity index (χ3n) is 4.33. The van der Waals surface area contributed by atoms with Crippen LogP contribution in [0.15, 0.2) is 40.3 Å². The molecule has 142 valence electrons. The Morgan fingerprint density at radius 2 is 2.11 bits per heavy atom. The molecule has 0 fully saturated rings. The molecule has 0 saturated carbocycles. The van der Waals surface area contributed by atoms with Crippen molar-refractivity contribution in [1.82, 2.24) is 9.55 Å². The molecule has 1 aliphatic rings. The van der Waals surface area contributed by atoms with E-state index in [9.17, 15) is 14.4 Å². The third kappa shape index (κ3) is 4.05. The highest BCUT2D eigenvalue weighted by atomic mass is 32.2. The zero-order valence-electron chi connectivity index (χ0n) is 15.4. The van der Waals surface area contributed by atoms with Gasteiger partial charge in [-0.15, -0.1) is 0 Å². The van der Waals surface area contributed by atoms with Crippen LogP contribution in [-0.2, 0) is 9.53 Å². The van der Waals surface area contributed by atoms with Gasteiger partial charge in [-0.3, -0.25) is 14.2 Å². The zero-order chi connectivity index (χ0) is 19.6. The van der Waals surface area contributed by atoms with Crippen molar-refractivity contribution in [2.45, 2.75) is 37.4 Å². The molecule has 8 heteroatoms. The van der Waals surface area contributed by atoms with Crippen molar-refractivity contribution >= 4 is 29.3 Å². The number of aromatic nitrogens is 2. The Kier molecular flexibility index (Phi) is 5.65. The van der Waals surface area contributed by atoms with Crippen LogP contribution in [-0.4, -0.2) is 34.3 Å². The van der Waals surface area contributed by atoms with E-state index in [1.165, 1.54) is 24.9 Å². The fourth-order valence-corrected chi connectivity index (χ4v) is 4.07. The first-order chi connectivity index (χ1) is 12.9. The Bertz CT molecular complexity index is 939. The van der Waals surface area contributed by atoms with E-state index in [-0.39, 0.29) is 35.4 Å². The van der Waals surface area contributed by atoms with Gasteiger partial charge in [-0.2, -0.15) is 0 Å². The molecule has 1 aromatic heterocycles. The van der Waals surface area contributed by atoms with E-state index in [0.717, 1.165) is 5.69 Å². The van der Waals surface area contributed by atoms with Gasteiger partial charge in [0.2, 0.25) is 5.91 Å². The van der Waals surface area contributed by atoms with Gasteiger partial charge in [-0.25, -0.2) is 9.78 Å². The molecule has 2 heterocycles. The second-order valence-corrected chi connectivity index (χ2v) is 7.57. The maximum absolute atomic E-state index is 12.5. The molecule has 3 rings (SSSR count). The highest BCUT2D eigenvalue weighted by molar-refractivity contribution is 7.99. The second-order valence-electron chi connectivity index (χ2n) is 6.58. The van der Waals surface area contributed by atoms with Crippen molar-refractivity contribution in [2.75, 3.05) is 18.2 Å². The number of fused-ring (bicyclic) bond motifs is 1. The van der Waals surface area contributed by atoms with E-state index >= 15 is 0 Å². The quantitative estimate of drug-likeness (QED) is 0.627. The molecule has 0 aliphatic carbocycles. The molecule has 0 spiro atoms. The number of methoxy groups -OCH3 is 1. The predicted octanol–water partition coefficient (Wildman–Crippen LogP) is 2.83. The standard InChI is InChI=1S/C19H21N3O4S/c1-11(2)15-9-17(24)22-12(10-27-19(22)21-15)8-16(23)20-14-7-5-4-6-13(14)18(25)26-3/h4-7,9,11-12H,8,10H2,1-3H3,(H,20,23). The van der Waals surface area contributed by atoms with E-state index in [2.05, 4.69) is 10.3 Å². The summed E-state index contributed by atoms with van der Waals surface area (Å²) in [6, 6.07) is 7.93. The molecule has 0 saturated heterocycles. The number of anilines is 1. The SMILES string of the molecule is COC(=O)c1ccccc1NC(=O)CC1CSc2nc(C(C)C)cc(=O)n21. The number of ether oxygens (including phenoxy) is 1. The van der Waals surface area contributed by atoms with Crippen molar-refractivity contribution < 1.29 is 14.3 Å². The highest BCUT2D eigenvalue weighted by Crippen LogP contribution is 2.33. The molecule has 1 unspecified atom stereocenters. The summed E-state index contributed by atoms with van der Waals surface area (Å²) in [5, 5.41) is 3.40. The topological polar surface area (TPSA) is 90.3 Å². The van der Waals surface area contributed by atoms with E-state index < -0.39 is 5.97 Å². The van der Waals surface area contributed by atoms with Crippen molar-refractivity contribution in [3.8, 4) is 0 Å². The minimum absolute atomic E-state index is 0.123. The van der Waals surface area contributed by atoms with Crippen molar-refractivity contribution in [3.05, 3.63) is 51.9 Å². The number of nitrogens with one attached hydrogen (secondary N) is 1. The lowest BCUT2D eigenvalue weighted by Gasteiger charge is -2.15. The minimum Gasteiger partial charge on any atom is -0.465 e. The molecule has 27 heavy (non-hydrogen) atoms. The molecule has 1 amide bonds. The lowest BCUT2D eigenvalue weighted by molar-refractivity contribution is -0.116. The van der Waals surface area contributed by atoms with Crippen LogP contribution < -0.4 is 10.9 Å². The zero-order valence-corrected chi connectivity index (χ0v) is 16.2. The number of hydrogen-bond donors (Lipinski definition) is 1. The smallest absolute Gasteiger partial charge is 0.339 e. The number of nitrogens with zero attached hydrogens (tertiary/aromatic N) is 2. The second kappa shape index (κ2) is 7.96. The Labute approximate surface area is 161 Å². The van der Waals surface area contributed by atoms with Crippen LogP contribution in [0.2, 0.25) is 0 Å². The van der Waals surface area contributed by atoms with E-state index in [0.29, 0.717) is 16.6 Å². The number of para-hydroxylation sites is 1. The number of thioether (sulfide) groups is 1. The number of benzene rings is 1. The largest absolute Gasteiger partial charge is 0.465 e. The Hall–Kier alpha value is -2.61. The van der Waals surface area contributed by atoms with Gasteiger partial charge in [-0.05, 0) is 18.1 Å². The van der Waals surface area contributed by atoms with Crippen LogP contribution in [0.1, 0.15) is 48.3 Å². The Balaban J connectivity index is 1.77. The fraction of sp³-hybridized carbons (Fsp3) is 0.368. The summed E-state index contributed by atoms with van der Waals surface area (Å²) in [4.78, 5) is 41.4.